The van der Waals surface area contributed by atoms with Gasteiger partial charge in [0.2, 0.25) is 0 Å². The fourth-order valence-corrected chi connectivity index (χ4v) is 0.423. The molecule has 2 nitrogen and oxygen atoms in total. The summed E-state index contributed by atoms with van der Waals surface area (Å²) in [7, 11) is 0. The smallest absolute Gasteiger partial charge is 0.323 e. The van der Waals surface area contributed by atoms with Crippen molar-refractivity contribution in [1.29, 1.82) is 0 Å². The zero-order valence-electron chi connectivity index (χ0n) is 5.68. The largest absolute Gasteiger partial charge is 0.465 e. The van der Waals surface area contributed by atoms with E-state index >= 15 is 0 Å². The fraction of sp³-hybridized carbons (Fsp3) is 0.667. The molecule has 0 aliphatic heterocycles. The molecule has 0 rings (SSSR count). The number of carbonyl (C=O) groups is 1. The molecule has 0 saturated carbocycles. The molecule has 0 aliphatic rings. The van der Waals surface area contributed by atoms with Crippen LogP contribution in [0.1, 0.15) is 20.3 Å². The third kappa shape index (κ3) is 3.40. The molecule has 0 aromatic carbocycles. The number of hydrogen-bond donors (Lipinski definition) is 1. The van der Waals surface area contributed by atoms with Gasteiger partial charge in [0.25, 0.3) is 0 Å². The Morgan fingerprint density at radius 1 is 1.56 bits per heavy atom. The van der Waals surface area contributed by atoms with Gasteiger partial charge < -0.3 is 4.74 Å². The van der Waals surface area contributed by atoms with E-state index in [1.54, 1.807) is 6.92 Å². The van der Waals surface area contributed by atoms with Crippen molar-refractivity contribution in [3.63, 3.8) is 0 Å². The summed E-state index contributed by atoms with van der Waals surface area (Å²) in [5, 5.41) is 0.483. The summed E-state index contributed by atoms with van der Waals surface area (Å²) in [6, 6.07) is 0. The molecule has 0 heterocycles. The molecule has 0 aromatic heterocycles. The molecule has 0 N–H and O–H groups in total. The van der Waals surface area contributed by atoms with Gasteiger partial charge in [0.05, 0.1) is 6.61 Å². The first kappa shape index (κ1) is 8.82. The van der Waals surface area contributed by atoms with Gasteiger partial charge in [-0.15, -0.1) is 0 Å². The maximum absolute atomic E-state index is 10.6. The molecule has 0 bridgehead atoms. The zero-order valence-corrected chi connectivity index (χ0v) is 6.57. The second-order valence-corrected chi connectivity index (χ2v) is 2.06. The van der Waals surface area contributed by atoms with E-state index in [0.717, 1.165) is 0 Å². The predicted molar refractivity (Wildman–Crippen MR) is 39.2 cm³/mol. The summed E-state index contributed by atoms with van der Waals surface area (Å²) in [5.41, 5.74) is 0. The minimum absolute atomic E-state index is 0.302. The molecule has 0 aromatic rings. The Bertz CT molecular complexity index is 93.1. The van der Waals surface area contributed by atoms with Gasteiger partial charge in [-0.3, -0.25) is 4.79 Å². The first-order chi connectivity index (χ1) is 4.22. The van der Waals surface area contributed by atoms with Crippen LogP contribution in [0.4, 0.5) is 0 Å². The minimum atomic E-state index is -0.302. The second-order valence-electron chi connectivity index (χ2n) is 1.52. The Morgan fingerprint density at radius 3 is 2.44 bits per heavy atom. The lowest BCUT2D eigenvalue weighted by Gasteiger charge is -2.03. The Balaban J connectivity index is 3.46. The maximum atomic E-state index is 10.6. The van der Waals surface area contributed by atoms with Crippen LogP contribution in [0, 0.1) is 5.25 Å². The Labute approximate surface area is 61.0 Å². The minimum Gasteiger partial charge on any atom is -0.465 e. The fourth-order valence-electron chi connectivity index (χ4n) is 0.359. The van der Waals surface area contributed by atoms with E-state index in [1.807, 2.05) is 6.92 Å². The van der Waals surface area contributed by atoms with E-state index < -0.39 is 0 Å². The van der Waals surface area contributed by atoms with Gasteiger partial charge in [0.15, 0.2) is 0 Å². The highest BCUT2D eigenvalue weighted by molar-refractivity contribution is 7.84. The number of hydrogen-bond acceptors (Lipinski definition) is 3. The zero-order chi connectivity index (χ0) is 7.28. The number of rotatable bonds is 3. The number of carbonyl (C=O) groups excluding carboxylic acids is 1. The summed E-state index contributed by atoms with van der Waals surface area (Å²) >= 11 is 3.90. The van der Waals surface area contributed by atoms with Crippen molar-refractivity contribution in [2.45, 2.75) is 20.3 Å². The molecule has 3 heteroatoms. The number of thiol groups is 1. The van der Waals surface area contributed by atoms with Gasteiger partial charge in [-0.05, 0) is 13.3 Å². The van der Waals surface area contributed by atoms with Crippen molar-refractivity contribution in [1.82, 2.24) is 0 Å². The molecule has 1 radical (unpaired) electrons. The molecule has 0 amide bonds. The van der Waals surface area contributed by atoms with E-state index in [1.165, 1.54) is 0 Å². The van der Waals surface area contributed by atoms with Gasteiger partial charge in [0.1, 0.15) is 5.25 Å². The average molecular weight is 147 g/mol. The van der Waals surface area contributed by atoms with Gasteiger partial charge in [0, 0.05) is 0 Å². The molecule has 53 valence electrons. The molecular weight excluding hydrogens is 136 g/mol. The lowest BCUT2D eigenvalue weighted by atomic mass is 10.3. The van der Waals surface area contributed by atoms with Crippen LogP contribution in [0.25, 0.3) is 0 Å². The van der Waals surface area contributed by atoms with Crippen LogP contribution in [0.2, 0.25) is 0 Å². The van der Waals surface area contributed by atoms with Crippen LogP contribution in [-0.4, -0.2) is 12.6 Å². The summed E-state index contributed by atoms with van der Waals surface area (Å²) in [4.78, 5) is 10.6. The normalized spacial score (nSPS) is 9.78. The molecule has 0 fully saturated rings. The summed E-state index contributed by atoms with van der Waals surface area (Å²) in [5.74, 6) is -0.302. The Kier molecular flexibility index (Phi) is 4.58. The Morgan fingerprint density at radius 2 is 2.11 bits per heavy atom. The van der Waals surface area contributed by atoms with Crippen molar-refractivity contribution >= 4 is 18.6 Å². The van der Waals surface area contributed by atoms with Crippen molar-refractivity contribution in [2.75, 3.05) is 6.61 Å². The van der Waals surface area contributed by atoms with E-state index in [0.29, 0.717) is 18.3 Å². The third-order valence-electron chi connectivity index (χ3n) is 0.846. The SMILES string of the molecule is CCOC(=O)[C](S)CC. The van der Waals surface area contributed by atoms with Gasteiger partial charge in [-0.2, -0.15) is 12.6 Å². The summed E-state index contributed by atoms with van der Waals surface area (Å²) in [6.45, 7) is 4.05. The van der Waals surface area contributed by atoms with Gasteiger partial charge in [-0.1, -0.05) is 6.92 Å². The van der Waals surface area contributed by atoms with Crippen LogP contribution in [0.5, 0.6) is 0 Å². The predicted octanol–water partition coefficient (Wildman–Crippen LogP) is 1.42. The topological polar surface area (TPSA) is 26.3 Å². The quantitative estimate of drug-likeness (QED) is 0.482. The van der Waals surface area contributed by atoms with Crippen LogP contribution in [0.3, 0.4) is 0 Å². The van der Waals surface area contributed by atoms with E-state index in [-0.39, 0.29) is 5.97 Å². The van der Waals surface area contributed by atoms with Gasteiger partial charge in [-0.25, -0.2) is 0 Å². The molecule has 0 unspecified atom stereocenters. The monoisotopic (exact) mass is 147 g/mol. The summed E-state index contributed by atoms with van der Waals surface area (Å²) < 4.78 is 4.64. The second kappa shape index (κ2) is 4.68. The van der Waals surface area contributed by atoms with Crippen LogP contribution in [0.15, 0.2) is 0 Å². The van der Waals surface area contributed by atoms with E-state index in [9.17, 15) is 4.79 Å². The standard InChI is InChI=1S/C6H11O2S/c1-3-5(9)6(7)8-4-2/h9H,3-4H2,1-2H3. The lowest BCUT2D eigenvalue weighted by Crippen LogP contribution is -2.09. The highest BCUT2D eigenvalue weighted by Gasteiger charge is 2.12. The molecule has 0 atom stereocenters. The number of ether oxygens (including phenoxy) is 1. The highest BCUT2D eigenvalue weighted by Crippen LogP contribution is 2.11. The first-order valence-corrected chi connectivity index (χ1v) is 3.39. The van der Waals surface area contributed by atoms with E-state index in [2.05, 4.69) is 17.4 Å². The van der Waals surface area contributed by atoms with Crippen LogP contribution >= 0.6 is 12.6 Å². The third-order valence-corrected chi connectivity index (χ3v) is 1.34. The van der Waals surface area contributed by atoms with Crippen LogP contribution in [-0.2, 0) is 9.53 Å². The van der Waals surface area contributed by atoms with Crippen LogP contribution < -0.4 is 0 Å². The molecular formula is C6H11O2S. The van der Waals surface area contributed by atoms with Gasteiger partial charge >= 0.3 is 5.97 Å². The number of esters is 1. The molecule has 0 spiro atoms. The van der Waals surface area contributed by atoms with Crippen molar-refractivity contribution in [2.24, 2.45) is 0 Å². The average Bonchev–Trinajstić information content (AvgIpc) is 1.87. The van der Waals surface area contributed by atoms with Crippen molar-refractivity contribution < 1.29 is 9.53 Å². The highest BCUT2D eigenvalue weighted by atomic mass is 32.1. The summed E-state index contributed by atoms with van der Waals surface area (Å²) in [6.07, 6.45) is 0.641. The van der Waals surface area contributed by atoms with Crippen molar-refractivity contribution in [3.8, 4) is 0 Å². The maximum Gasteiger partial charge on any atom is 0.323 e. The molecule has 9 heavy (non-hydrogen) atoms. The first-order valence-electron chi connectivity index (χ1n) is 2.94. The van der Waals surface area contributed by atoms with Crippen molar-refractivity contribution in [3.05, 3.63) is 5.25 Å². The molecule has 0 aliphatic carbocycles. The molecule has 0 saturated heterocycles. The van der Waals surface area contributed by atoms with E-state index in [4.69, 9.17) is 0 Å². The Hall–Kier alpha value is -0.180. The lowest BCUT2D eigenvalue weighted by molar-refractivity contribution is -0.139.